The van der Waals surface area contributed by atoms with Gasteiger partial charge in [-0.25, -0.2) is 4.79 Å². The highest BCUT2D eigenvalue weighted by molar-refractivity contribution is 7.98. The molecule has 0 aromatic rings. The minimum absolute atomic E-state index is 0.169. The first-order valence-electron chi connectivity index (χ1n) is 9.25. The summed E-state index contributed by atoms with van der Waals surface area (Å²) in [6.07, 6.45) is 2.47. The van der Waals surface area contributed by atoms with E-state index in [2.05, 4.69) is 10.6 Å². The zero-order chi connectivity index (χ0) is 22.0. The second-order valence-corrected chi connectivity index (χ2v) is 7.61. The second kappa shape index (κ2) is 12.3. The number of likely N-dealkylation sites (tertiary alicyclic amines) is 1. The molecule has 0 aliphatic carbocycles. The van der Waals surface area contributed by atoms with Crippen molar-refractivity contribution in [1.29, 1.82) is 0 Å². The Kier molecular flexibility index (Phi) is 10.5. The van der Waals surface area contributed by atoms with Crippen LogP contribution in [0.15, 0.2) is 0 Å². The Balaban J connectivity index is 2.92. The predicted molar refractivity (Wildman–Crippen MR) is 105 cm³/mol. The molecule has 29 heavy (non-hydrogen) atoms. The third-order valence-corrected chi connectivity index (χ3v) is 5.17. The third-order valence-electron chi connectivity index (χ3n) is 4.53. The lowest BCUT2D eigenvalue weighted by molar-refractivity contribution is -0.149. The van der Waals surface area contributed by atoms with E-state index in [1.165, 1.54) is 16.7 Å². The molecule has 3 amide bonds. The SMILES string of the molecule is CSCCC(NC(=O)C(CCC(=O)O)NC(=O)CN)C(=O)N1CCCC1C(=O)O. The average Bonchev–Trinajstić information content (AvgIpc) is 3.17. The van der Waals surface area contributed by atoms with Crippen molar-refractivity contribution in [2.75, 3.05) is 25.1 Å². The number of aliphatic carboxylic acids is 2. The summed E-state index contributed by atoms with van der Waals surface area (Å²) in [5.74, 6) is -3.54. The van der Waals surface area contributed by atoms with Gasteiger partial charge in [-0.15, -0.1) is 0 Å². The molecule has 0 aromatic carbocycles. The number of nitrogens with zero attached hydrogens (tertiary/aromatic N) is 1. The van der Waals surface area contributed by atoms with Crippen LogP contribution < -0.4 is 16.4 Å². The molecule has 6 N–H and O–H groups in total. The Bertz CT molecular complexity index is 631. The summed E-state index contributed by atoms with van der Waals surface area (Å²) in [6.45, 7) is -0.0897. The number of rotatable bonds is 12. The standard InChI is InChI=1S/C17H28N4O7S/c1-29-8-6-11(16(26)21-7-2-3-12(21)17(27)28)20-15(25)10(4-5-14(23)24)19-13(22)9-18/h10-12H,2-9,18H2,1H3,(H,19,22)(H,20,25)(H,23,24)(H,27,28). The molecular formula is C17H28N4O7S. The van der Waals surface area contributed by atoms with Gasteiger partial charge in [0.05, 0.1) is 6.54 Å². The first-order valence-corrected chi connectivity index (χ1v) is 10.6. The minimum atomic E-state index is -1.17. The average molecular weight is 432 g/mol. The van der Waals surface area contributed by atoms with Gasteiger partial charge in [0.15, 0.2) is 0 Å². The molecular weight excluding hydrogens is 404 g/mol. The van der Waals surface area contributed by atoms with Crippen molar-refractivity contribution in [2.24, 2.45) is 5.73 Å². The smallest absolute Gasteiger partial charge is 0.326 e. The number of carbonyl (C=O) groups excluding carboxylic acids is 3. The Morgan fingerprint density at radius 1 is 1.14 bits per heavy atom. The van der Waals surface area contributed by atoms with Gasteiger partial charge in [0.1, 0.15) is 18.1 Å². The Labute approximate surface area is 172 Å². The minimum Gasteiger partial charge on any atom is -0.481 e. The summed E-state index contributed by atoms with van der Waals surface area (Å²) >= 11 is 1.46. The Hall–Kier alpha value is -2.34. The van der Waals surface area contributed by atoms with Crippen LogP contribution >= 0.6 is 11.8 Å². The fraction of sp³-hybridized carbons (Fsp3) is 0.706. The highest BCUT2D eigenvalue weighted by atomic mass is 32.2. The van der Waals surface area contributed by atoms with Crippen LogP contribution in [0, 0.1) is 0 Å². The van der Waals surface area contributed by atoms with Gasteiger partial charge in [0.2, 0.25) is 17.7 Å². The van der Waals surface area contributed by atoms with Crippen LogP contribution in [-0.2, 0) is 24.0 Å². The number of hydrogen-bond donors (Lipinski definition) is 5. The van der Waals surface area contributed by atoms with Crippen LogP contribution in [0.1, 0.15) is 32.1 Å². The number of thioether (sulfide) groups is 1. The molecule has 0 radical (unpaired) electrons. The molecule has 164 valence electrons. The maximum absolute atomic E-state index is 12.9. The maximum Gasteiger partial charge on any atom is 0.326 e. The number of nitrogens with two attached hydrogens (primary N) is 1. The molecule has 1 heterocycles. The molecule has 3 unspecified atom stereocenters. The quantitative estimate of drug-likeness (QED) is 0.248. The summed E-state index contributed by atoms with van der Waals surface area (Å²) in [4.78, 5) is 60.6. The Morgan fingerprint density at radius 2 is 1.83 bits per heavy atom. The van der Waals surface area contributed by atoms with E-state index < -0.39 is 47.8 Å². The number of nitrogens with one attached hydrogen (secondary N) is 2. The van der Waals surface area contributed by atoms with E-state index >= 15 is 0 Å². The zero-order valence-electron chi connectivity index (χ0n) is 16.3. The van der Waals surface area contributed by atoms with Crippen LogP contribution in [0.3, 0.4) is 0 Å². The lowest BCUT2D eigenvalue weighted by Crippen LogP contribution is -2.56. The number of carbonyl (C=O) groups is 5. The van der Waals surface area contributed by atoms with E-state index in [9.17, 15) is 29.1 Å². The Morgan fingerprint density at radius 3 is 2.38 bits per heavy atom. The monoisotopic (exact) mass is 432 g/mol. The molecule has 0 aromatic heterocycles. The highest BCUT2D eigenvalue weighted by Crippen LogP contribution is 2.19. The molecule has 1 fully saturated rings. The summed E-state index contributed by atoms with van der Waals surface area (Å²) in [7, 11) is 0. The van der Waals surface area contributed by atoms with Gasteiger partial charge >= 0.3 is 11.9 Å². The molecule has 12 heteroatoms. The molecule has 1 rings (SSSR count). The number of carboxylic acids is 2. The summed E-state index contributed by atoms with van der Waals surface area (Å²) in [5, 5.41) is 23.1. The van der Waals surface area contributed by atoms with Gasteiger partial charge in [0, 0.05) is 13.0 Å². The molecule has 1 saturated heterocycles. The molecule has 0 spiro atoms. The van der Waals surface area contributed by atoms with Crippen molar-refractivity contribution < 1.29 is 34.2 Å². The van der Waals surface area contributed by atoms with Gasteiger partial charge in [-0.05, 0) is 37.7 Å². The number of amides is 3. The van der Waals surface area contributed by atoms with E-state index in [1.54, 1.807) is 0 Å². The van der Waals surface area contributed by atoms with E-state index in [0.717, 1.165) is 0 Å². The van der Waals surface area contributed by atoms with Gasteiger partial charge in [-0.1, -0.05) is 0 Å². The van der Waals surface area contributed by atoms with Crippen LogP contribution in [0.2, 0.25) is 0 Å². The highest BCUT2D eigenvalue weighted by Gasteiger charge is 2.38. The van der Waals surface area contributed by atoms with Gasteiger partial charge < -0.3 is 31.5 Å². The van der Waals surface area contributed by atoms with Crippen LogP contribution in [0.25, 0.3) is 0 Å². The van der Waals surface area contributed by atoms with Crippen molar-refractivity contribution in [1.82, 2.24) is 15.5 Å². The van der Waals surface area contributed by atoms with E-state index in [4.69, 9.17) is 10.8 Å². The van der Waals surface area contributed by atoms with Crippen LogP contribution in [0.5, 0.6) is 0 Å². The topological polar surface area (TPSA) is 179 Å². The molecule has 0 bridgehead atoms. The van der Waals surface area contributed by atoms with Gasteiger partial charge in [0.25, 0.3) is 0 Å². The van der Waals surface area contributed by atoms with Crippen molar-refractivity contribution in [2.45, 2.75) is 50.2 Å². The molecule has 3 atom stereocenters. The first kappa shape index (κ1) is 24.7. The van der Waals surface area contributed by atoms with Crippen molar-refractivity contribution in [3.63, 3.8) is 0 Å². The fourth-order valence-electron chi connectivity index (χ4n) is 3.04. The normalized spacial score (nSPS) is 18.0. The summed E-state index contributed by atoms with van der Waals surface area (Å²) in [5.41, 5.74) is 5.24. The molecule has 1 aliphatic rings. The van der Waals surface area contributed by atoms with E-state index in [0.29, 0.717) is 18.6 Å². The van der Waals surface area contributed by atoms with E-state index in [1.807, 2.05) is 6.26 Å². The third kappa shape index (κ3) is 7.89. The van der Waals surface area contributed by atoms with Crippen LogP contribution in [-0.4, -0.2) is 88.0 Å². The van der Waals surface area contributed by atoms with Crippen molar-refractivity contribution in [3.8, 4) is 0 Å². The lowest BCUT2D eigenvalue weighted by Gasteiger charge is -2.28. The molecule has 11 nitrogen and oxygen atoms in total. The van der Waals surface area contributed by atoms with Gasteiger partial charge in [-0.2, -0.15) is 11.8 Å². The maximum atomic E-state index is 12.9. The van der Waals surface area contributed by atoms with Crippen molar-refractivity contribution >= 4 is 41.4 Å². The largest absolute Gasteiger partial charge is 0.481 e. The number of carboxylic acid groups (broad SMARTS) is 2. The second-order valence-electron chi connectivity index (χ2n) is 6.63. The summed E-state index contributed by atoms with van der Waals surface area (Å²) in [6, 6.07) is -3.08. The first-order chi connectivity index (χ1) is 13.7. The lowest BCUT2D eigenvalue weighted by atomic mass is 10.1. The van der Waals surface area contributed by atoms with Gasteiger partial charge in [-0.3, -0.25) is 19.2 Å². The van der Waals surface area contributed by atoms with Crippen molar-refractivity contribution in [3.05, 3.63) is 0 Å². The number of hydrogen-bond acceptors (Lipinski definition) is 7. The molecule has 0 saturated carbocycles. The fourth-order valence-corrected chi connectivity index (χ4v) is 3.51. The predicted octanol–water partition coefficient (Wildman–Crippen LogP) is -1.39. The zero-order valence-corrected chi connectivity index (χ0v) is 17.1. The molecule has 1 aliphatic heterocycles. The summed E-state index contributed by atoms with van der Waals surface area (Å²) < 4.78 is 0. The van der Waals surface area contributed by atoms with Crippen LogP contribution in [0.4, 0.5) is 0 Å². The van der Waals surface area contributed by atoms with E-state index in [-0.39, 0.29) is 32.4 Å².